The highest BCUT2D eigenvalue weighted by Crippen LogP contribution is 2.34. The van der Waals surface area contributed by atoms with Crippen LogP contribution in [-0.4, -0.2) is 6.61 Å². The van der Waals surface area contributed by atoms with Gasteiger partial charge in [0.25, 0.3) is 0 Å². The van der Waals surface area contributed by atoms with Gasteiger partial charge < -0.3 is 10.5 Å². The lowest BCUT2D eigenvalue weighted by Gasteiger charge is -2.23. The van der Waals surface area contributed by atoms with E-state index in [1.807, 2.05) is 6.07 Å². The Morgan fingerprint density at radius 3 is 3.07 bits per heavy atom. The van der Waals surface area contributed by atoms with E-state index in [4.69, 9.17) is 15.7 Å². The average Bonchev–Trinajstić information content (AvgIpc) is 2.19. The van der Waals surface area contributed by atoms with Crippen LogP contribution in [0.2, 0.25) is 0 Å². The highest BCUT2D eigenvalue weighted by molar-refractivity contribution is 9.10. The van der Waals surface area contributed by atoms with Gasteiger partial charge in [-0.25, -0.2) is 0 Å². The SMILES string of the molecule is N#Cc1cc2c(cc1Br)[C@@H](N)CCO2. The minimum absolute atomic E-state index is 0.0165. The molecule has 0 radical (unpaired) electrons. The van der Waals surface area contributed by atoms with Crippen LogP contribution in [0, 0.1) is 11.3 Å². The Balaban J connectivity index is 2.55. The quantitative estimate of drug-likeness (QED) is 0.770. The molecule has 0 aromatic heterocycles. The molecule has 0 bridgehead atoms. The van der Waals surface area contributed by atoms with Gasteiger partial charge >= 0.3 is 0 Å². The number of hydrogen-bond donors (Lipinski definition) is 1. The van der Waals surface area contributed by atoms with Crippen LogP contribution >= 0.6 is 15.9 Å². The molecule has 1 heterocycles. The van der Waals surface area contributed by atoms with Crippen molar-refractivity contribution in [2.45, 2.75) is 12.5 Å². The third-order valence-corrected chi connectivity index (χ3v) is 2.96. The van der Waals surface area contributed by atoms with Crippen molar-refractivity contribution in [1.29, 1.82) is 5.26 Å². The summed E-state index contributed by atoms with van der Waals surface area (Å²) in [6.07, 6.45) is 0.825. The van der Waals surface area contributed by atoms with Crippen molar-refractivity contribution in [2.75, 3.05) is 6.61 Å². The average molecular weight is 253 g/mol. The van der Waals surface area contributed by atoms with E-state index >= 15 is 0 Å². The zero-order valence-electron chi connectivity index (χ0n) is 7.46. The first-order valence-corrected chi connectivity index (χ1v) is 5.13. The Kier molecular flexibility index (Phi) is 2.44. The zero-order valence-corrected chi connectivity index (χ0v) is 9.04. The minimum atomic E-state index is 0.0165. The number of nitriles is 1. The Morgan fingerprint density at radius 2 is 2.36 bits per heavy atom. The predicted molar refractivity (Wildman–Crippen MR) is 55.9 cm³/mol. The van der Waals surface area contributed by atoms with Crippen molar-refractivity contribution in [1.82, 2.24) is 0 Å². The Morgan fingerprint density at radius 1 is 1.57 bits per heavy atom. The monoisotopic (exact) mass is 252 g/mol. The maximum absolute atomic E-state index is 8.82. The van der Waals surface area contributed by atoms with Crippen molar-refractivity contribution in [2.24, 2.45) is 5.73 Å². The summed E-state index contributed by atoms with van der Waals surface area (Å²) in [4.78, 5) is 0. The van der Waals surface area contributed by atoms with Crippen molar-refractivity contribution < 1.29 is 4.74 Å². The minimum Gasteiger partial charge on any atom is -0.493 e. The third kappa shape index (κ3) is 1.49. The Labute approximate surface area is 90.6 Å². The maximum Gasteiger partial charge on any atom is 0.125 e. The van der Waals surface area contributed by atoms with E-state index in [-0.39, 0.29) is 6.04 Å². The second kappa shape index (κ2) is 3.60. The van der Waals surface area contributed by atoms with E-state index in [0.29, 0.717) is 12.2 Å². The molecule has 1 aliphatic rings. The van der Waals surface area contributed by atoms with E-state index in [2.05, 4.69) is 22.0 Å². The number of nitrogens with zero attached hydrogens (tertiary/aromatic N) is 1. The van der Waals surface area contributed by atoms with Crippen LogP contribution in [-0.2, 0) is 0 Å². The summed E-state index contributed by atoms with van der Waals surface area (Å²) < 4.78 is 6.22. The van der Waals surface area contributed by atoms with Crippen molar-refractivity contribution in [3.8, 4) is 11.8 Å². The van der Waals surface area contributed by atoms with Gasteiger partial charge in [-0.1, -0.05) is 0 Å². The summed E-state index contributed by atoms with van der Waals surface area (Å²) in [5.41, 5.74) is 7.48. The second-order valence-corrected chi connectivity index (χ2v) is 4.08. The molecule has 4 heteroatoms. The van der Waals surface area contributed by atoms with E-state index in [1.54, 1.807) is 6.07 Å². The van der Waals surface area contributed by atoms with Gasteiger partial charge in [0.15, 0.2) is 0 Å². The molecule has 14 heavy (non-hydrogen) atoms. The molecule has 72 valence electrons. The van der Waals surface area contributed by atoms with Gasteiger partial charge in [0, 0.05) is 22.5 Å². The van der Waals surface area contributed by atoms with E-state index in [1.165, 1.54) is 0 Å². The van der Waals surface area contributed by atoms with Crippen molar-refractivity contribution >= 4 is 15.9 Å². The number of fused-ring (bicyclic) bond motifs is 1. The van der Waals surface area contributed by atoms with Gasteiger partial charge in [-0.15, -0.1) is 0 Å². The van der Waals surface area contributed by atoms with Gasteiger partial charge in [0.2, 0.25) is 0 Å². The summed E-state index contributed by atoms with van der Waals surface area (Å²) in [5.74, 6) is 0.739. The molecule has 0 aliphatic carbocycles. The molecule has 0 spiro atoms. The molecule has 0 saturated carbocycles. The summed E-state index contributed by atoms with van der Waals surface area (Å²) in [5, 5.41) is 8.82. The molecule has 3 nitrogen and oxygen atoms in total. The van der Waals surface area contributed by atoms with Crippen LogP contribution in [0.4, 0.5) is 0 Å². The summed E-state index contributed by atoms with van der Waals surface area (Å²) in [6, 6.07) is 5.72. The van der Waals surface area contributed by atoms with Gasteiger partial charge in [0.1, 0.15) is 11.8 Å². The normalized spacial score (nSPS) is 19.4. The molecule has 0 unspecified atom stereocenters. The third-order valence-electron chi connectivity index (χ3n) is 2.31. The fourth-order valence-electron chi connectivity index (χ4n) is 1.52. The molecule has 2 N–H and O–H groups in total. The lowest BCUT2D eigenvalue weighted by molar-refractivity contribution is 0.269. The topological polar surface area (TPSA) is 59.0 Å². The molecule has 0 fully saturated rings. The van der Waals surface area contributed by atoms with Crippen molar-refractivity contribution in [3.63, 3.8) is 0 Å². The molecule has 1 aliphatic heterocycles. The van der Waals surface area contributed by atoms with Crippen molar-refractivity contribution in [3.05, 3.63) is 27.7 Å². The summed E-state index contributed by atoms with van der Waals surface area (Å²) >= 11 is 3.33. The molecular weight excluding hydrogens is 244 g/mol. The number of benzene rings is 1. The first-order chi connectivity index (χ1) is 6.72. The number of rotatable bonds is 0. The molecular formula is C10H9BrN2O. The lowest BCUT2D eigenvalue weighted by Crippen LogP contribution is -2.20. The lowest BCUT2D eigenvalue weighted by atomic mass is 10.00. The summed E-state index contributed by atoms with van der Waals surface area (Å²) in [6.45, 7) is 0.626. The molecule has 1 aromatic carbocycles. The fraction of sp³-hybridized carbons (Fsp3) is 0.300. The first kappa shape index (κ1) is 9.50. The standard InChI is InChI=1S/C10H9BrN2O/c11-8-4-7-9(13)1-2-14-10(7)3-6(8)5-12/h3-4,9H,1-2,13H2/t9-/m0/s1. The zero-order chi connectivity index (χ0) is 10.1. The molecule has 1 atom stereocenters. The van der Waals surface area contributed by atoms with Crippen LogP contribution in [0.5, 0.6) is 5.75 Å². The first-order valence-electron chi connectivity index (χ1n) is 4.34. The van der Waals surface area contributed by atoms with Crippen LogP contribution in [0.1, 0.15) is 23.6 Å². The Bertz CT molecular complexity index is 411. The van der Waals surface area contributed by atoms with Crippen LogP contribution < -0.4 is 10.5 Å². The smallest absolute Gasteiger partial charge is 0.125 e. The highest BCUT2D eigenvalue weighted by atomic mass is 79.9. The van der Waals surface area contributed by atoms with E-state index in [0.717, 1.165) is 22.2 Å². The number of halogens is 1. The van der Waals surface area contributed by atoms with Crippen LogP contribution in [0.25, 0.3) is 0 Å². The van der Waals surface area contributed by atoms with Gasteiger partial charge in [-0.3, -0.25) is 0 Å². The van der Waals surface area contributed by atoms with Crippen LogP contribution in [0.15, 0.2) is 16.6 Å². The maximum atomic E-state index is 8.82. The largest absolute Gasteiger partial charge is 0.493 e. The molecule has 0 saturated heterocycles. The number of nitrogens with two attached hydrogens (primary N) is 1. The fourth-order valence-corrected chi connectivity index (χ4v) is 1.97. The Hall–Kier alpha value is -1.05. The summed E-state index contributed by atoms with van der Waals surface area (Å²) in [7, 11) is 0. The second-order valence-electron chi connectivity index (χ2n) is 3.23. The molecule has 1 aromatic rings. The predicted octanol–water partition coefficient (Wildman–Crippen LogP) is 2.10. The van der Waals surface area contributed by atoms with Crippen LogP contribution in [0.3, 0.4) is 0 Å². The van der Waals surface area contributed by atoms with Gasteiger partial charge in [-0.05, 0) is 28.1 Å². The van der Waals surface area contributed by atoms with E-state index < -0.39 is 0 Å². The van der Waals surface area contributed by atoms with E-state index in [9.17, 15) is 0 Å². The highest BCUT2D eigenvalue weighted by Gasteiger charge is 2.19. The number of hydrogen-bond acceptors (Lipinski definition) is 3. The molecule has 0 amide bonds. The van der Waals surface area contributed by atoms with Gasteiger partial charge in [-0.2, -0.15) is 5.26 Å². The molecule has 2 rings (SSSR count). The van der Waals surface area contributed by atoms with Gasteiger partial charge in [0.05, 0.1) is 12.2 Å². The number of ether oxygens (including phenoxy) is 1.